The zero-order valence-electron chi connectivity index (χ0n) is 11.9. The van der Waals surface area contributed by atoms with Gasteiger partial charge in [-0.3, -0.25) is 4.79 Å². The Hall–Kier alpha value is -0.540. The van der Waals surface area contributed by atoms with Crippen molar-refractivity contribution in [1.82, 2.24) is 4.90 Å². The quantitative estimate of drug-likeness (QED) is 0.590. The largest absolute Gasteiger partial charge is 0.334 e. The molecule has 1 fully saturated rings. The van der Waals surface area contributed by atoms with Crippen molar-refractivity contribution in [2.75, 3.05) is 12.4 Å². The van der Waals surface area contributed by atoms with Gasteiger partial charge in [-0.2, -0.15) is 0 Å². The van der Waals surface area contributed by atoms with Crippen LogP contribution in [0.5, 0.6) is 0 Å². The van der Waals surface area contributed by atoms with Crippen LogP contribution in [0.25, 0.3) is 0 Å². The second-order valence-corrected chi connectivity index (χ2v) is 7.37. The van der Waals surface area contributed by atoms with Crippen LogP contribution in [0.3, 0.4) is 0 Å². The number of halogens is 1. The van der Waals surface area contributed by atoms with Gasteiger partial charge in [0.2, 0.25) is 0 Å². The van der Waals surface area contributed by atoms with E-state index in [9.17, 15) is 4.79 Å². The number of likely N-dealkylation sites (tertiary alicyclic amines) is 1. The van der Waals surface area contributed by atoms with Crippen LogP contribution in [0.4, 0.5) is 0 Å². The van der Waals surface area contributed by atoms with Crippen molar-refractivity contribution in [3.63, 3.8) is 0 Å². The molecule has 1 saturated heterocycles. The molecular formula is C16H22ClNOS. The number of alkyl halides is 1. The van der Waals surface area contributed by atoms with Crippen LogP contribution < -0.4 is 0 Å². The molecule has 0 N–H and O–H groups in total. The number of aryl methyl sites for hydroxylation is 2. The topological polar surface area (TPSA) is 20.3 Å². The Morgan fingerprint density at radius 1 is 1.25 bits per heavy atom. The Labute approximate surface area is 130 Å². The number of nitrogens with zero attached hydrogens (tertiary/aromatic N) is 1. The van der Waals surface area contributed by atoms with Gasteiger partial charge in [-0.25, -0.2) is 0 Å². The molecule has 0 saturated carbocycles. The predicted molar refractivity (Wildman–Crippen MR) is 85.0 cm³/mol. The van der Waals surface area contributed by atoms with E-state index in [0.29, 0.717) is 5.88 Å². The first-order chi connectivity index (χ1) is 9.79. The molecule has 110 valence electrons. The monoisotopic (exact) mass is 311 g/mol. The van der Waals surface area contributed by atoms with Crippen molar-refractivity contribution >= 4 is 28.8 Å². The minimum Gasteiger partial charge on any atom is -0.334 e. The summed E-state index contributed by atoms with van der Waals surface area (Å²) in [5, 5.41) is 0. The Bertz CT molecular complexity index is 461. The van der Waals surface area contributed by atoms with Gasteiger partial charge < -0.3 is 4.90 Å². The first kappa shape index (κ1) is 14.4. The highest BCUT2D eigenvalue weighted by Gasteiger charge is 2.28. The lowest BCUT2D eigenvalue weighted by Crippen LogP contribution is -2.44. The van der Waals surface area contributed by atoms with Gasteiger partial charge in [0.25, 0.3) is 5.91 Å². The first-order valence-corrected chi connectivity index (χ1v) is 9.13. The van der Waals surface area contributed by atoms with Gasteiger partial charge in [0, 0.05) is 23.3 Å². The molecule has 4 heteroatoms. The van der Waals surface area contributed by atoms with E-state index >= 15 is 0 Å². The van der Waals surface area contributed by atoms with Crippen LogP contribution >= 0.6 is 22.9 Å². The minimum absolute atomic E-state index is 0.216. The van der Waals surface area contributed by atoms with E-state index in [4.69, 9.17) is 11.6 Å². The molecule has 20 heavy (non-hydrogen) atoms. The van der Waals surface area contributed by atoms with Crippen LogP contribution in [-0.4, -0.2) is 29.3 Å². The van der Waals surface area contributed by atoms with Gasteiger partial charge in [-0.15, -0.1) is 22.9 Å². The summed E-state index contributed by atoms with van der Waals surface area (Å²) in [5.41, 5.74) is 1.43. The lowest BCUT2D eigenvalue weighted by atomic mass is 10.0. The maximum absolute atomic E-state index is 12.8. The Morgan fingerprint density at radius 3 is 2.95 bits per heavy atom. The highest BCUT2D eigenvalue weighted by molar-refractivity contribution is 7.14. The SMILES string of the molecule is O=C(c1cc2c(s1)CCCCC2)N1CCCCC1CCl. The smallest absolute Gasteiger partial charge is 0.264 e. The molecule has 0 spiro atoms. The number of thiophene rings is 1. The maximum Gasteiger partial charge on any atom is 0.264 e. The third-order valence-corrected chi connectivity index (χ3v) is 6.10. The number of rotatable bonds is 2. The molecule has 3 rings (SSSR count). The number of fused-ring (bicyclic) bond motifs is 1. The second kappa shape index (κ2) is 6.48. The summed E-state index contributed by atoms with van der Waals surface area (Å²) in [6, 6.07) is 2.40. The van der Waals surface area contributed by atoms with Crippen molar-refractivity contribution in [2.24, 2.45) is 0 Å². The van der Waals surface area contributed by atoms with Gasteiger partial charge in [-0.05, 0) is 56.6 Å². The third kappa shape index (κ3) is 2.89. The average molecular weight is 312 g/mol. The molecular weight excluding hydrogens is 290 g/mol. The van der Waals surface area contributed by atoms with Crippen molar-refractivity contribution in [3.05, 3.63) is 21.4 Å². The van der Waals surface area contributed by atoms with Gasteiger partial charge in [0.05, 0.1) is 4.88 Å². The number of hydrogen-bond donors (Lipinski definition) is 0. The average Bonchev–Trinajstić information content (AvgIpc) is 2.77. The van der Waals surface area contributed by atoms with Gasteiger partial charge in [-0.1, -0.05) is 6.42 Å². The number of carbonyl (C=O) groups excluding carboxylic acids is 1. The van der Waals surface area contributed by atoms with Crippen molar-refractivity contribution in [2.45, 2.75) is 57.4 Å². The summed E-state index contributed by atoms with van der Waals surface area (Å²) >= 11 is 7.77. The first-order valence-electron chi connectivity index (χ1n) is 7.78. The molecule has 2 nitrogen and oxygen atoms in total. The molecule has 1 unspecified atom stereocenters. The number of piperidine rings is 1. The molecule has 1 aliphatic heterocycles. The molecule has 2 aliphatic rings. The van der Waals surface area contributed by atoms with E-state index in [-0.39, 0.29) is 11.9 Å². The standard InChI is InChI=1S/C16H22ClNOS/c17-11-13-7-4-5-9-18(13)16(19)15-10-12-6-2-1-3-8-14(12)20-15/h10,13H,1-9,11H2. The van der Waals surface area contributed by atoms with Gasteiger partial charge in [0.1, 0.15) is 0 Å². The van der Waals surface area contributed by atoms with Crippen LogP contribution in [0.15, 0.2) is 6.07 Å². The third-order valence-electron chi connectivity index (χ3n) is 4.52. The molecule has 1 aromatic rings. The Morgan fingerprint density at radius 2 is 2.10 bits per heavy atom. The van der Waals surface area contributed by atoms with E-state index in [2.05, 4.69) is 6.07 Å². The molecule has 1 aromatic heterocycles. The molecule has 1 atom stereocenters. The van der Waals surface area contributed by atoms with Crippen LogP contribution in [0, 0.1) is 0 Å². The summed E-state index contributed by atoms with van der Waals surface area (Å²) in [6.07, 6.45) is 9.54. The lowest BCUT2D eigenvalue weighted by Gasteiger charge is -2.34. The maximum atomic E-state index is 12.8. The van der Waals surface area contributed by atoms with Crippen LogP contribution in [0.1, 0.15) is 58.6 Å². The van der Waals surface area contributed by atoms with Crippen LogP contribution in [-0.2, 0) is 12.8 Å². The Balaban J connectivity index is 1.79. The molecule has 1 amide bonds. The van der Waals surface area contributed by atoms with E-state index < -0.39 is 0 Å². The highest BCUT2D eigenvalue weighted by atomic mass is 35.5. The zero-order chi connectivity index (χ0) is 13.9. The van der Waals surface area contributed by atoms with Crippen molar-refractivity contribution in [1.29, 1.82) is 0 Å². The minimum atomic E-state index is 0.216. The highest BCUT2D eigenvalue weighted by Crippen LogP contribution is 2.31. The molecule has 1 aliphatic carbocycles. The van der Waals surface area contributed by atoms with Gasteiger partial charge >= 0.3 is 0 Å². The number of amides is 1. The zero-order valence-corrected chi connectivity index (χ0v) is 13.4. The predicted octanol–water partition coefficient (Wildman–Crippen LogP) is 4.25. The van der Waals surface area contributed by atoms with E-state index in [1.54, 1.807) is 11.3 Å². The fourth-order valence-electron chi connectivity index (χ4n) is 3.34. The summed E-state index contributed by atoms with van der Waals surface area (Å²) in [7, 11) is 0. The summed E-state index contributed by atoms with van der Waals surface area (Å²) < 4.78 is 0. The normalized spacial score (nSPS) is 23.2. The van der Waals surface area contributed by atoms with E-state index in [1.165, 1.54) is 36.1 Å². The fourth-order valence-corrected chi connectivity index (χ4v) is 4.87. The van der Waals surface area contributed by atoms with Crippen LogP contribution in [0.2, 0.25) is 0 Å². The fraction of sp³-hybridized carbons (Fsp3) is 0.688. The van der Waals surface area contributed by atoms with Gasteiger partial charge in [0.15, 0.2) is 0 Å². The molecule has 0 radical (unpaired) electrons. The van der Waals surface area contributed by atoms with Crippen molar-refractivity contribution in [3.8, 4) is 0 Å². The van der Waals surface area contributed by atoms with Crippen molar-refractivity contribution < 1.29 is 4.79 Å². The molecule has 0 aromatic carbocycles. The number of hydrogen-bond acceptors (Lipinski definition) is 2. The Kier molecular flexibility index (Phi) is 4.67. The molecule has 2 heterocycles. The lowest BCUT2D eigenvalue weighted by molar-refractivity contribution is 0.0644. The van der Waals surface area contributed by atoms with E-state index in [0.717, 1.165) is 37.1 Å². The number of carbonyl (C=O) groups is 1. The van der Waals surface area contributed by atoms with E-state index in [1.807, 2.05) is 4.90 Å². The summed E-state index contributed by atoms with van der Waals surface area (Å²) in [4.78, 5) is 17.2. The summed E-state index contributed by atoms with van der Waals surface area (Å²) in [6.45, 7) is 0.874. The second-order valence-electron chi connectivity index (χ2n) is 5.92. The summed E-state index contributed by atoms with van der Waals surface area (Å²) in [5.74, 6) is 0.782. The molecule has 0 bridgehead atoms.